The van der Waals surface area contributed by atoms with Crippen LogP contribution in [-0.2, 0) is 5.41 Å². The van der Waals surface area contributed by atoms with E-state index in [-0.39, 0.29) is 11.1 Å². The number of nitrogens with one attached hydrogen (secondary N) is 1. The molecule has 2 fully saturated rings. The van der Waals surface area contributed by atoms with Gasteiger partial charge in [0.25, 0.3) is 0 Å². The lowest BCUT2D eigenvalue weighted by atomic mass is 9.65. The Bertz CT molecular complexity index is 541. The molecule has 1 spiro atoms. The van der Waals surface area contributed by atoms with E-state index in [4.69, 9.17) is 12.2 Å². The second-order valence-electron chi connectivity index (χ2n) is 6.05. The van der Waals surface area contributed by atoms with Crippen LogP contribution < -0.4 is 10.2 Å². The molecule has 2 nitrogen and oxygen atoms in total. The third kappa shape index (κ3) is 1.03. The molecule has 3 heteroatoms. The van der Waals surface area contributed by atoms with Crippen LogP contribution in [0.5, 0.6) is 0 Å². The number of hydrogen-bond acceptors (Lipinski definition) is 2. The Hall–Kier alpha value is -1.09. The Labute approximate surface area is 113 Å². The van der Waals surface area contributed by atoms with Crippen LogP contribution in [0, 0.1) is 0 Å². The van der Waals surface area contributed by atoms with Gasteiger partial charge in [-0.15, -0.1) is 0 Å². The van der Waals surface area contributed by atoms with Crippen molar-refractivity contribution < 1.29 is 0 Å². The van der Waals surface area contributed by atoms with E-state index in [0.29, 0.717) is 0 Å². The third-order valence-electron chi connectivity index (χ3n) is 5.28. The lowest BCUT2D eigenvalue weighted by Crippen LogP contribution is -2.62. The van der Waals surface area contributed by atoms with Gasteiger partial charge in [0.2, 0.25) is 0 Å². The molecule has 0 radical (unpaired) electrons. The molecular weight excluding hydrogens is 240 g/mol. The van der Waals surface area contributed by atoms with Crippen molar-refractivity contribution in [2.75, 3.05) is 11.4 Å². The van der Waals surface area contributed by atoms with Gasteiger partial charge in [-0.25, -0.2) is 0 Å². The summed E-state index contributed by atoms with van der Waals surface area (Å²) in [6, 6.07) is 8.89. The second kappa shape index (κ2) is 3.27. The molecule has 2 atom stereocenters. The van der Waals surface area contributed by atoms with Crippen LogP contribution >= 0.6 is 12.2 Å². The average molecular weight is 258 g/mol. The second-order valence-corrected chi connectivity index (χ2v) is 6.54. The fourth-order valence-electron chi connectivity index (χ4n) is 4.42. The summed E-state index contributed by atoms with van der Waals surface area (Å²) in [5, 5.41) is 3.68. The monoisotopic (exact) mass is 258 g/mol. The summed E-state index contributed by atoms with van der Waals surface area (Å²) in [5.74, 6) is 0. The lowest BCUT2D eigenvalue weighted by molar-refractivity contribution is 0.165. The fourth-order valence-corrected chi connectivity index (χ4v) is 4.71. The van der Waals surface area contributed by atoms with Crippen LogP contribution in [0.25, 0.3) is 0 Å². The van der Waals surface area contributed by atoms with E-state index in [0.717, 1.165) is 11.5 Å². The zero-order valence-electron chi connectivity index (χ0n) is 10.7. The van der Waals surface area contributed by atoms with Crippen LogP contribution in [-0.4, -0.2) is 17.2 Å². The van der Waals surface area contributed by atoms with Crippen LogP contribution in [0.15, 0.2) is 24.3 Å². The molecule has 2 unspecified atom stereocenters. The molecule has 18 heavy (non-hydrogen) atoms. The highest BCUT2D eigenvalue weighted by Crippen LogP contribution is 2.58. The lowest BCUT2D eigenvalue weighted by Gasteiger charge is -2.48. The van der Waals surface area contributed by atoms with E-state index in [1.807, 2.05) is 0 Å². The molecule has 1 aromatic rings. The molecule has 1 aliphatic carbocycles. The molecular formula is C15H18N2S. The number of hydrogen-bond donors (Lipinski definition) is 1. The topological polar surface area (TPSA) is 15.3 Å². The number of nitrogens with zero attached hydrogens (tertiary/aromatic N) is 1. The Kier molecular flexibility index (Phi) is 1.96. The summed E-state index contributed by atoms with van der Waals surface area (Å²) in [7, 11) is 0. The maximum absolute atomic E-state index is 5.46. The van der Waals surface area contributed by atoms with Crippen molar-refractivity contribution in [3.8, 4) is 0 Å². The smallest absolute Gasteiger partial charge is 0.121 e. The van der Waals surface area contributed by atoms with E-state index in [1.54, 1.807) is 0 Å². The Morgan fingerprint density at radius 3 is 2.89 bits per heavy atom. The van der Waals surface area contributed by atoms with Gasteiger partial charge in [-0.3, -0.25) is 0 Å². The summed E-state index contributed by atoms with van der Waals surface area (Å²) in [4.78, 5) is 3.54. The molecule has 2 heterocycles. The summed E-state index contributed by atoms with van der Waals surface area (Å²) in [5.41, 5.74) is 3.18. The van der Waals surface area contributed by atoms with Gasteiger partial charge >= 0.3 is 0 Å². The van der Waals surface area contributed by atoms with Crippen LogP contribution in [0.4, 0.5) is 5.69 Å². The Morgan fingerprint density at radius 2 is 2.00 bits per heavy atom. The highest BCUT2D eigenvalue weighted by atomic mass is 32.1. The SMILES string of the molecule is CC12CCCCC13NC(=S)CN3c1ccccc12. The highest BCUT2D eigenvalue weighted by Gasteiger charge is 2.62. The van der Waals surface area contributed by atoms with Gasteiger partial charge < -0.3 is 10.2 Å². The zero-order valence-corrected chi connectivity index (χ0v) is 11.5. The fraction of sp³-hybridized carbons (Fsp3) is 0.533. The summed E-state index contributed by atoms with van der Waals surface area (Å²) in [6.45, 7) is 3.31. The van der Waals surface area contributed by atoms with Crippen molar-refractivity contribution in [1.82, 2.24) is 5.32 Å². The maximum Gasteiger partial charge on any atom is 0.121 e. The minimum Gasteiger partial charge on any atom is -0.355 e. The van der Waals surface area contributed by atoms with Crippen molar-refractivity contribution in [2.24, 2.45) is 0 Å². The van der Waals surface area contributed by atoms with Crippen molar-refractivity contribution in [3.05, 3.63) is 29.8 Å². The summed E-state index contributed by atoms with van der Waals surface area (Å²) < 4.78 is 0. The molecule has 1 saturated heterocycles. The van der Waals surface area contributed by atoms with Crippen molar-refractivity contribution in [3.63, 3.8) is 0 Å². The van der Waals surface area contributed by atoms with Gasteiger partial charge in [0, 0.05) is 11.1 Å². The van der Waals surface area contributed by atoms with Gasteiger partial charge in [0.15, 0.2) is 0 Å². The van der Waals surface area contributed by atoms with Crippen molar-refractivity contribution in [1.29, 1.82) is 0 Å². The highest BCUT2D eigenvalue weighted by molar-refractivity contribution is 7.80. The Balaban J connectivity index is 1.99. The van der Waals surface area contributed by atoms with E-state index in [1.165, 1.54) is 36.9 Å². The number of benzene rings is 1. The quantitative estimate of drug-likeness (QED) is 0.720. The van der Waals surface area contributed by atoms with Gasteiger partial charge in [-0.05, 0) is 30.9 Å². The largest absolute Gasteiger partial charge is 0.355 e. The van der Waals surface area contributed by atoms with Gasteiger partial charge in [0.1, 0.15) is 5.66 Å². The molecule has 1 N–H and O–H groups in total. The number of fused-ring (bicyclic) bond motifs is 3. The molecule has 0 aromatic heterocycles. The Morgan fingerprint density at radius 1 is 1.22 bits per heavy atom. The van der Waals surface area contributed by atoms with E-state index >= 15 is 0 Å². The first-order chi connectivity index (χ1) is 8.67. The zero-order chi connectivity index (χ0) is 12.4. The minimum atomic E-state index is 0.0615. The minimum absolute atomic E-state index is 0.0615. The molecule has 3 aliphatic rings. The van der Waals surface area contributed by atoms with E-state index < -0.39 is 0 Å². The van der Waals surface area contributed by atoms with Crippen LogP contribution in [0.2, 0.25) is 0 Å². The molecule has 94 valence electrons. The molecule has 1 saturated carbocycles. The van der Waals surface area contributed by atoms with Gasteiger partial charge in [0.05, 0.1) is 11.5 Å². The van der Waals surface area contributed by atoms with Crippen molar-refractivity contribution >= 4 is 22.9 Å². The van der Waals surface area contributed by atoms with Crippen LogP contribution in [0.1, 0.15) is 38.2 Å². The normalized spacial score (nSPS) is 36.9. The van der Waals surface area contributed by atoms with Crippen LogP contribution in [0.3, 0.4) is 0 Å². The first kappa shape index (κ1) is 10.8. The molecule has 1 aromatic carbocycles. The number of para-hydroxylation sites is 1. The van der Waals surface area contributed by atoms with E-state index in [2.05, 4.69) is 41.4 Å². The summed E-state index contributed by atoms with van der Waals surface area (Å²) in [6.07, 6.45) is 5.10. The van der Waals surface area contributed by atoms with Crippen molar-refractivity contribution in [2.45, 2.75) is 43.7 Å². The number of anilines is 1. The van der Waals surface area contributed by atoms with E-state index in [9.17, 15) is 0 Å². The first-order valence-corrected chi connectivity index (χ1v) is 7.26. The number of rotatable bonds is 0. The van der Waals surface area contributed by atoms with Gasteiger partial charge in [-0.2, -0.15) is 0 Å². The first-order valence-electron chi connectivity index (χ1n) is 6.86. The number of thiocarbonyl (C=S) groups is 1. The third-order valence-corrected chi connectivity index (χ3v) is 5.51. The standard InChI is InChI=1S/C15H18N2S/c1-14-8-4-5-9-15(14)16-13(18)10-17(15)12-7-3-2-6-11(12)14/h2-3,6-7H,4-5,8-10H2,1H3,(H,16,18). The molecule has 4 rings (SSSR count). The molecule has 0 amide bonds. The predicted octanol–water partition coefficient (Wildman–Crippen LogP) is 2.97. The van der Waals surface area contributed by atoms with Gasteiger partial charge in [-0.1, -0.05) is 43.8 Å². The average Bonchev–Trinajstić information content (AvgIpc) is 2.80. The molecule has 0 bridgehead atoms. The maximum atomic E-state index is 5.46. The predicted molar refractivity (Wildman–Crippen MR) is 78.1 cm³/mol. The molecule has 2 aliphatic heterocycles. The summed E-state index contributed by atoms with van der Waals surface area (Å²) >= 11 is 5.46.